The van der Waals surface area contributed by atoms with E-state index in [9.17, 15) is 13.2 Å². The van der Waals surface area contributed by atoms with Gasteiger partial charge in [-0.25, -0.2) is 8.42 Å². The number of carbonyl (C=O) groups is 1. The topological polar surface area (TPSA) is 82.1 Å². The van der Waals surface area contributed by atoms with Crippen LogP contribution in [0.25, 0.3) is 0 Å². The lowest BCUT2D eigenvalue weighted by molar-refractivity contribution is -0.130. The molecule has 0 unspecified atom stereocenters. The lowest BCUT2D eigenvalue weighted by atomic mass is 10.3. The number of nitrogens with one attached hydrogen (secondary N) is 1. The Hall–Kier alpha value is -0.580. The van der Waals surface area contributed by atoms with E-state index >= 15 is 0 Å². The average Bonchev–Trinajstić information content (AvgIpc) is 2.44. The maximum atomic E-state index is 11.4. The van der Waals surface area contributed by atoms with Crippen LogP contribution in [0.5, 0.6) is 0 Å². The molecular weight excluding hydrogens is 407 g/mol. The molecule has 0 aromatic carbocycles. The van der Waals surface area contributed by atoms with E-state index in [1.807, 2.05) is 4.90 Å². The first-order chi connectivity index (χ1) is 9.39. The third-order valence-corrected chi connectivity index (χ3v) is 5.08. The van der Waals surface area contributed by atoms with Gasteiger partial charge in [-0.3, -0.25) is 9.79 Å². The molecule has 9 heteroatoms. The van der Waals surface area contributed by atoms with Gasteiger partial charge in [0.05, 0.1) is 5.75 Å². The number of nitrogens with zero attached hydrogens (tertiary/aromatic N) is 3. The number of rotatable bonds is 4. The predicted molar refractivity (Wildman–Crippen MR) is 94.9 cm³/mol. The molecule has 1 amide bonds. The van der Waals surface area contributed by atoms with Crippen molar-refractivity contribution in [1.82, 2.24) is 15.1 Å². The zero-order chi connectivity index (χ0) is 15.2. The maximum absolute atomic E-state index is 11.4. The van der Waals surface area contributed by atoms with Crippen LogP contribution in [0.4, 0.5) is 0 Å². The molecule has 0 bridgehead atoms. The van der Waals surface area contributed by atoms with E-state index in [0.717, 1.165) is 0 Å². The second-order valence-electron chi connectivity index (χ2n) is 4.70. The average molecular weight is 432 g/mol. The summed E-state index contributed by atoms with van der Waals surface area (Å²) in [6, 6.07) is 0. The predicted octanol–water partition coefficient (Wildman–Crippen LogP) is -0.221. The highest BCUT2D eigenvalue weighted by Gasteiger charge is 2.20. The molecule has 1 rings (SSSR count). The molecule has 0 radical (unpaired) electrons. The molecule has 0 aromatic rings. The number of hydrogen-bond donors (Lipinski definition) is 1. The minimum atomic E-state index is -2.96. The van der Waals surface area contributed by atoms with E-state index in [0.29, 0.717) is 38.7 Å². The van der Waals surface area contributed by atoms with Crippen molar-refractivity contribution in [3.8, 4) is 0 Å². The van der Waals surface area contributed by atoms with Crippen LogP contribution >= 0.6 is 24.0 Å². The number of hydrogen-bond acceptors (Lipinski definition) is 4. The summed E-state index contributed by atoms with van der Waals surface area (Å²) >= 11 is 0. The number of halogens is 1. The van der Waals surface area contributed by atoms with E-state index in [-0.39, 0.29) is 41.4 Å². The van der Waals surface area contributed by atoms with Crippen molar-refractivity contribution in [2.75, 3.05) is 51.3 Å². The number of guanidine groups is 1. The molecule has 0 atom stereocenters. The molecule has 1 saturated heterocycles. The van der Waals surface area contributed by atoms with E-state index in [1.165, 1.54) is 0 Å². The minimum absolute atomic E-state index is 0. The van der Waals surface area contributed by atoms with Gasteiger partial charge in [0.1, 0.15) is 0 Å². The third-order valence-electron chi connectivity index (χ3n) is 3.37. The Morgan fingerprint density at radius 2 is 1.71 bits per heavy atom. The van der Waals surface area contributed by atoms with Crippen molar-refractivity contribution in [2.45, 2.75) is 13.8 Å². The highest BCUT2D eigenvalue weighted by molar-refractivity contribution is 14.0. The fourth-order valence-corrected chi connectivity index (χ4v) is 2.73. The van der Waals surface area contributed by atoms with Crippen LogP contribution in [-0.2, 0) is 14.6 Å². The monoisotopic (exact) mass is 432 g/mol. The number of sulfone groups is 1. The van der Waals surface area contributed by atoms with E-state index < -0.39 is 9.84 Å². The van der Waals surface area contributed by atoms with Gasteiger partial charge in [-0.1, -0.05) is 6.92 Å². The summed E-state index contributed by atoms with van der Waals surface area (Å²) in [5, 5.41) is 3.07. The Bertz CT molecular complexity index is 459. The fraction of sp³-hybridized carbons (Fsp3) is 0.833. The standard InChI is InChI=1S/C12H24N4O3S.HI/c1-4-20(18,19)10-5-14-12(13-3)16-8-6-15(7-9-16)11(2)17;/h4-10H2,1-3H3,(H,13,14);1H. The molecule has 0 aromatic heterocycles. The number of amides is 1. The molecule has 7 nitrogen and oxygen atoms in total. The first kappa shape index (κ1) is 20.4. The Kier molecular flexibility index (Phi) is 9.18. The second kappa shape index (κ2) is 9.44. The van der Waals surface area contributed by atoms with Crippen LogP contribution in [0.2, 0.25) is 0 Å². The third kappa shape index (κ3) is 6.81. The molecule has 1 N–H and O–H groups in total. The summed E-state index contributed by atoms with van der Waals surface area (Å²) in [5.74, 6) is 1.04. The molecule has 0 saturated carbocycles. The highest BCUT2D eigenvalue weighted by Crippen LogP contribution is 2.02. The molecule has 1 fully saturated rings. The number of aliphatic imine (C=N–C) groups is 1. The summed E-state index contributed by atoms with van der Waals surface area (Å²) in [6.07, 6.45) is 0. The Morgan fingerprint density at radius 3 is 2.14 bits per heavy atom. The quantitative estimate of drug-likeness (QED) is 0.378. The molecule has 1 aliphatic rings. The zero-order valence-corrected chi connectivity index (χ0v) is 16.0. The van der Waals surface area contributed by atoms with Crippen LogP contribution < -0.4 is 5.32 Å². The van der Waals surface area contributed by atoms with Gasteiger partial charge in [0.25, 0.3) is 0 Å². The normalized spacial score (nSPS) is 16.4. The summed E-state index contributed by atoms with van der Waals surface area (Å²) < 4.78 is 22.9. The molecular formula is C12H25IN4O3S. The first-order valence-electron chi connectivity index (χ1n) is 6.81. The fourth-order valence-electron chi connectivity index (χ4n) is 2.03. The van der Waals surface area contributed by atoms with Crippen molar-refractivity contribution in [3.05, 3.63) is 0 Å². The lowest BCUT2D eigenvalue weighted by Gasteiger charge is -2.36. The van der Waals surface area contributed by atoms with Crippen LogP contribution in [0.3, 0.4) is 0 Å². The Morgan fingerprint density at radius 1 is 1.19 bits per heavy atom. The molecule has 0 spiro atoms. The molecule has 1 heterocycles. The summed E-state index contributed by atoms with van der Waals surface area (Å²) in [7, 11) is -1.29. The van der Waals surface area contributed by atoms with Gasteiger partial charge in [0.2, 0.25) is 5.91 Å². The van der Waals surface area contributed by atoms with Gasteiger partial charge in [-0.2, -0.15) is 0 Å². The Balaban J connectivity index is 0.00000400. The van der Waals surface area contributed by atoms with Crippen molar-refractivity contribution < 1.29 is 13.2 Å². The van der Waals surface area contributed by atoms with Gasteiger partial charge >= 0.3 is 0 Å². The van der Waals surface area contributed by atoms with Gasteiger partial charge in [-0.05, 0) is 0 Å². The van der Waals surface area contributed by atoms with Crippen molar-refractivity contribution in [2.24, 2.45) is 4.99 Å². The van der Waals surface area contributed by atoms with Crippen molar-refractivity contribution >= 4 is 45.7 Å². The zero-order valence-electron chi connectivity index (χ0n) is 12.8. The summed E-state index contributed by atoms with van der Waals surface area (Å²) in [4.78, 5) is 19.3. The smallest absolute Gasteiger partial charge is 0.219 e. The molecule has 124 valence electrons. The maximum Gasteiger partial charge on any atom is 0.219 e. The van der Waals surface area contributed by atoms with E-state index in [4.69, 9.17) is 0 Å². The first-order valence-corrected chi connectivity index (χ1v) is 8.63. The highest BCUT2D eigenvalue weighted by atomic mass is 127. The van der Waals surface area contributed by atoms with Gasteiger partial charge in [0.15, 0.2) is 15.8 Å². The largest absolute Gasteiger partial charge is 0.355 e. The second-order valence-corrected chi connectivity index (χ2v) is 7.18. The number of piperazine rings is 1. The Labute approximate surface area is 144 Å². The SMILES string of the molecule is CCS(=O)(=O)CCNC(=NC)N1CCN(C(C)=O)CC1.I. The summed E-state index contributed by atoms with van der Waals surface area (Å²) in [5.41, 5.74) is 0. The van der Waals surface area contributed by atoms with Gasteiger partial charge in [-0.15, -0.1) is 24.0 Å². The van der Waals surface area contributed by atoms with Gasteiger partial charge in [0, 0.05) is 52.4 Å². The molecule has 21 heavy (non-hydrogen) atoms. The molecule has 1 aliphatic heterocycles. The minimum Gasteiger partial charge on any atom is -0.355 e. The summed E-state index contributed by atoms with van der Waals surface area (Å²) in [6.45, 7) is 6.32. The molecule has 0 aliphatic carbocycles. The number of carbonyl (C=O) groups excluding carboxylic acids is 1. The van der Waals surface area contributed by atoms with Crippen LogP contribution in [0.15, 0.2) is 4.99 Å². The van der Waals surface area contributed by atoms with E-state index in [2.05, 4.69) is 10.3 Å². The van der Waals surface area contributed by atoms with Crippen molar-refractivity contribution in [3.63, 3.8) is 0 Å². The lowest BCUT2D eigenvalue weighted by Crippen LogP contribution is -2.53. The van der Waals surface area contributed by atoms with Crippen LogP contribution in [-0.4, -0.2) is 81.4 Å². The van der Waals surface area contributed by atoms with Crippen LogP contribution in [0, 0.1) is 0 Å². The van der Waals surface area contributed by atoms with Crippen molar-refractivity contribution in [1.29, 1.82) is 0 Å². The van der Waals surface area contributed by atoms with Gasteiger partial charge < -0.3 is 15.1 Å². The van der Waals surface area contributed by atoms with E-state index in [1.54, 1.807) is 25.8 Å². The van der Waals surface area contributed by atoms with Crippen LogP contribution in [0.1, 0.15) is 13.8 Å².